The maximum atomic E-state index is 5.53. The van der Waals surface area contributed by atoms with Gasteiger partial charge in [-0.15, -0.1) is 11.3 Å². The Labute approximate surface area is 108 Å². The zero-order valence-corrected chi connectivity index (χ0v) is 11.5. The fourth-order valence-corrected chi connectivity index (χ4v) is 3.43. The summed E-state index contributed by atoms with van der Waals surface area (Å²) in [5.41, 5.74) is 6.77. The summed E-state index contributed by atoms with van der Waals surface area (Å²) in [5.74, 6) is 0.703. The summed E-state index contributed by atoms with van der Waals surface area (Å²) in [5, 5.41) is 3.57. The Morgan fingerprint density at radius 3 is 2.88 bits per heavy atom. The molecule has 0 spiro atoms. The van der Waals surface area contributed by atoms with Gasteiger partial charge in [-0.25, -0.2) is 4.98 Å². The van der Waals surface area contributed by atoms with E-state index < -0.39 is 0 Å². The molecule has 2 heterocycles. The van der Waals surface area contributed by atoms with Crippen LogP contribution in [-0.2, 0) is 6.42 Å². The third-order valence-corrected chi connectivity index (χ3v) is 4.65. The molecular formula is C13H23N3S. The number of nitrogens with two attached hydrogens (primary N) is 1. The first-order valence-electron chi connectivity index (χ1n) is 6.70. The Morgan fingerprint density at radius 2 is 2.24 bits per heavy atom. The highest BCUT2D eigenvalue weighted by atomic mass is 32.1. The lowest BCUT2D eigenvalue weighted by molar-refractivity contribution is 0.222. The fraction of sp³-hybridized carbons (Fsp3) is 0.769. The van der Waals surface area contributed by atoms with Crippen LogP contribution in [-0.4, -0.2) is 36.1 Å². The van der Waals surface area contributed by atoms with Crippen LogP contribution in [0.1, 0.15) is 42.8 Å². The lowest BCUT2D eigenvalue weighted by Crippen LogP contribution is -2.32. The normalized spacial score (nSPS) is 18.7. The Hall–Kier alpha value is -0.450. The van der Waals surface area contributed by atoms with E-state index in [0.717, 1.165) is 19.4 Å². The van der Waals surface area contributed by atoms with Crippen LogP contribution < -0.4 is 5.73 Å². The fourth-order valence-electron chi connectivity index (χ4n) is 2.40. The molecule has 17 heavy (non-hydrogen) atoms. The van der Waals surface area contributed by atoms with Crippen LogP contribution in [0.25, 0.3) is 0 Å². The quantitative estimate of drug-likeness (QED) is 0.875. The van der Waals surface area contributed by atoms with Crippen molar-refractivity contribution in [2.45, 2.75) is 38.5 Å². The van der Waals surface area contributed by atoms with Gasteiger partial charge in [-0.3, -0.25) is 0 Å². The van der Waals surface area contributed by atoms with Crippen LogP contribution in [0.3, 0.4) is 0 Å². The van der Waals surface area contributed by atoms with E-state index in [2.05, 4.69) is 17.2 Å². The number of rotatable bonds is 5. The molecule has 1 aliphatic rings. The lowest BCUT2D eigenvalue weighted by Gasteiger charge is -2.29. The number of nitrogens with zero attached hydrogens (tertiary/aromatic N) is 2. The first-order valence-corrected chi connectivity index (χ1v) is 7.58. The molecule has 0 aromatic carbocycles. The summed E-state index contributed by atoms with van der Waals surface area (Å²) >= 11 is 1.84. The molecule has 0 saturated carbocycles. The third-order valence-electron chi connectivity index (χ3n) is 3.59. The van der Waals surface area contributed by atoms with Crippen molar-refractivity contribution in [3.63, 3.8) is 0 Å². The Kier molecular flexibility index (Phi) is 4.95. The summed E-state index contributed by atoms with van der Waals surface area (Å²) in [6.07, 6.45) is 4.65. The van der Waals surface area contributed by atoms with Crippen molar-refractivity contribution in [3.05, 3.63) is 16.1 Å². The SMILES string of the molecule is CCN1CCC(c2nc(CCCN)cs2)CC1. The second kappa shape index (κ2) is 6.47. The minimum atomic E-state index is 0.703. The second-order valence-electron chi connectivity index (χ2n) is 4.78. The van der Waals surface area contributed by atoms with Gasteiger partial charge < -0.3 is 10.6 Å². The Balaban J connectivity index is 1.87. The van der Waals surface area contributed by atoms with Crippen LogP contribution in [0.15, 0.2) is 5.38 Å². The number of aromatic nitrogens is 1. The van der Waals surface area contributed by atoms with Crippen molar-refractivity contribution in [1.29, 1.82) is 0 Å². The molecule has 3 nitrogen and oxygen atoms in total. The van der Waals surface area contributed by atoms with Gasteiger partial charge in [0.25, 0.3) is 0 Å². The lowest BCUT2D eigenvalue weighted by atomic mass is 9.97. The van der Waals surface area contributed by atoms with Gasteiger partial charge in [-0.1, -0.05) is 6.92 Å². The predicted octanol–water partition coefficient (Wildman–Crippen LogP) is 2.23. The van der Waals surface area contributed by atoms with E-state index in [-0.39, 0.29) is 0 Å². The standard InChI is InChI=1S/C13H23N3S/c1-2-16-8-5-11(6-9-16)13-15-12(10-17-13)4-3-7-14/h10-11H,2-9,14H2,1H3. The minimum Gasteiger partial charge on any atom is -0.330 e. The molecule has 1 aromatic heterocycles. The summed E-state index contributed by atoms with van der Waals surface area (Å²) in [6.45, 7) is 6.67. The molecule has 0 bridgehead atoms. The molecule has 1 aromatic rings. The molecule has 1 aliphatic heterocycles. The van der Waals surface area contributed by atoms with E-state index in [1.54, 1.807) is 0 Å². The summed E-state index contributed by atoms with van der Waals surface area (Å²) in [7, 11) is 0. The predicted molar refractivity (Wildman–Crippen MR) is 73.6 cm³/mol. The van der Waals surface area contributed by atoms with Crippen molar-refractivity contribution >= 4 is 11.3 Å². The smallest absolute Gasteiger partial charge is 0.0960 e. The van der Waals surface area contributed by atoms with Gasteiger partial charge in [0.1, 0.15) is 0 Å². The maximum Gasteiger partial charge on any atom is 0.0960 e. The molecule has 0 amide bonds. The van der Waals surface area contributed by atoms with Gasteiger partial charge >= 0.3 is 0 Å². The van der Waals surface area contributed by atoms with Crippen LogP contribution in [0, 0.1) is 0 Å². The van der Waals surface area contributed by atoms with Crippen LogP contribution in [0.5, 0.6) is 0 Å². The average molecular weight is 253 g/mol. The minimum absolute atomic E-state index is 0.703. The van der Waals surface area contributed by atoms with Gasteiger partial charge in [0.15, 0.2) is 0 Å². The van der Waals surface area contributed by atoms with Crippen LogP contribution in [0.2, 0.25) is 0 Å². The van der Waals surface area contributed by atoms with Gasteiger partial charge in [-0.2, -0.15) is 0 Å². The van der Waals surface area contributed by atoms with Gasteiger partial charge in [0.05, 0.1) is 10.7 Å². The van der Waals surface area contributed by atoms with Crippen molar-refractivity contribution in [3.8, 4) is 0 Å². The van der Waals surface area contributed by atoms with E-state index in [1.165, 1.54) is 43.2 Å². The van der Waals surface area contributed by atoms with Gasteiger partial charge in [0.2, 0.25) is 0 Å². The van der Waals surface area contributed by atoms with Crippen molar-refractivity contribution in [2.24, 2.45) is 5.73 Å². The van der Waals surface area contributed by atoms with E-state index in [1.807, 2.05) is 11.3 Å². The van der Waals surface area contributed by atoms with E-state index in [4.69, 9.17) is 10.7 Å². The molecule has 96 valence electrons. The van der Waals surface area contributed by atoms with Gasteiger partial charge in [0, 0.05) is 11.3 Å². The first-order chi connectivity index (χ1) is 8.33. The number of aryl methyl sites for hydroxylation is 1. The van der Waals surface area contributed by atoms with Gasteiger partial charge in [-0.05, 0) is 51.9 Å². The molecule has 4 heteroatoms. The Morgan fingerprint density at radius 1 is 1.47 bits per heavy atom. The second-order valence-corrected chi connectivity index (χ2v) is 5.67. The highest BCUT2D eigenvalue weighted by molar-refractivity contribution is 7.09. The number of piperidine rings is 1. The average Bonchev–Trinajstić information content (AvgIpc) is 2.85. The monoisotopic (exact) mass is 253 g/mol. The number of thiazole rings is 1. The molecule has 1 fully saturated rings. The molecule has 0 unspecified atom stereocenters. The molecule has 0 radical (unpaired) electrons. The van der Waals surface area contributed by atoms with Crippen molar-refractivity contribution < 1.29 is 0 Å². The van der Waals surface area contributed by atoms with E-state index in [0.29, 0.717) is 5.92 Å². The summed E-state index contributed by atoms with van der Waals surface area (Å²) in [4.78, 5) is 7.29. The summed E-state index contributed by atoms with van der Waals surface area (Å²) in [6, 6.07) is 0. The van der Waals surface area contributed by atoms with Crippen LogP contribution in [0.4, 0.5) is 0 Å². The van der Waals surface area contributed by atoms with Crippen LogP contribution >= 0.6 is 11.3 Å². The number of hydrogen-bond donors (Lipinski definition) is 1. The molecule has 0 aliphatic carbocycles. The molecule has 2 rings (SSSR count). The third kappa shape index (κ3) is 3.50. The Bertz CT molecular complexity index is 329. The highest BCUT2D eigenvalue weighted by Gasteiger charge is 2.21. The topological polar surface area (TPSA) is 42.2 Å². The molecule has 0 atom stereocenters. The van der Waals surface area contributed by atoms with Crippen molar-refractivity contribution in [2.75, 3.05) is 26.2 Å². The molecular weight excluding hydrogens is 230 g/mol. The van der Waals surface area contributed by atoms with E-state index >= 15 is 0 Å². The largest absolute Gasteiger partial charge is 0.330 e. The molecule has 2 N–H and O–H groups in total. The summed E-state index contributed by atoms with van der Waals surface area (Å²) < 4.78 is 0. The zero-order chi connectivity index (χ0) is 12.1. The number of likely N-dealkylation sites (tertiary alicyclic amines) is 1. The van der Waals surface area contributed by atoms with Crippen molar-refractivity contribution in [1.82, 2.24) is 9.88 Å². The maximum absolute atomic E-state index is 5.53. The molecule has 1 saturated heterocycles. The van der Waals surface area contributed by atoms with E-state index in [9.17, 15) is 0 Å². The zero-order valence-electron chi connectivity index (χ0n) is 10.7. The highest BCUT2D eigenvalue weighted by Crippen LogP contribution is 2.30. The first kappa shape index (κ1) is 13.0. The number of hydrogen-bond acceptors (Lipinski definition) is 4.